The second-order valence-electron chi connectivity index (χ2n) is 23.3. The number of aromatic amines is 1. The number of furan rings is 3. The second-order valence-corrected chi connectivity index (χ2v) is 23.3. The standard InChI is InChI=1S/2C21H22N6O3.C20H20N6O3.C2HF3O2/c2*1-21(2,29)13-27-12-16(19(25-27)15-6-4-5-9-22-15)24-20(28)18-8-7-17(30-18)14-10-23-26(3)11-14;1-20(2,28)12-26-11-15(18(25-26)14-5-3-4-8-21-14)24-19(27)17-7-6-16(29-17)13-9-22-23-10-13;3-2(4,5)1(6)7/h2*4-12,29H,13H2,1-3H3,(H,24,28);3-11,28H,12H2,1-2H3,(H,22,23)(H,24,27);(H,6,7). The maximum absolute atomic E-state index is 12.8. The summed E-state index contributed by atoms with van der Waals surface area (Å²) in [5.41, 5.74) is 4.18. The molecule has 96 heavy (non-hydrogen) atoms. The molecule has 0 aromatic carbocycles. The number of carboxylic acids is 1. The number of carbonyl (C=O) groups is 4. The number of pyridine rings is 3. The van der Waals surface area contributed by atoms with Crippen LogP contribution in [0, 0.1) is 0 Å². The Labute approximate surface area is 543 Å². The summed E-state index contributed by atoms with van der Waals surface area (Å²) in [7, 11) is 3.62. The van der Waals surface area contributed by atoms with Crippen LogP contribution in [0.5, 0.6) is 0 Å². The van der Waals surface area contributed by atoms with Gasteiger partial charge in [-0.15, -0.1) is 0 Å². The number of alkyl halides is 3. The highest BCUT2D eigenvalue weighted by Crippen LogP contribution is 2.32. The van der Waals surface area contributed by atoms with Gasteiger partial charge in [0.25, 0.3) is 17.7 Å². The Kier molecular flexibility index (Phi) is 20.6. The Morgan fingerprint density at radius 3 is 1.05 bits per heavy atom. The number of carbonyl (C=O) groups excluding carboxylic acids is 3. The van der Waals surface area contributed by atoms with Crippen molar-refractivity contribution < 1.29 is 66.0 Å². The fraction of sp³-hybridized carbons (Fsp3) is 0.234. The predicted octanol–water partition coefficient (Wildman–Crippen LogP) is 9.51. The molecule has 0 saturated heterocycles. The number of carboxylic acid groups (broad SMARTS) is 1. The first kappa shape index (κ1) is 68.5. The first-order chi connectivity index (χ1) is 45.4. The Morgan fingerprint density at radius 1 is 0.479 bits per heavy atom. The molecule has 3 amide bonds. The molecule has 12 aromatic rings. The van der Waals surface area contributed by atoms with Crippen molar-refractivity contribution in [1.82, 2.24) is 74.1 Å². The molecule has 0 aliphatic rings. The van der Waals surface area contributed by atoms with Crippen LogP contribution in [0.4, 0.5) is 30.2 Å². The van der Waals surface area contributed by atoms with Crippen LogP contribution in [0.1, 0.15) is 73.2 Å². The summed E-state index contributed by atoms with van der Waals surface area (Å²) in [6.07, 6.45) is 15.1. The summed E-state index contributed by atoms with van der Waals surface area (Å²) in [5.74, 6) is -1.88. The molecule has 498 valence electrons. The lowest BCUT2D eigenvalue weighted by Gasteiger charge is -2.16. The third kappa shape index (κ3) is 18.9. The van der Waals surface area contributed by atoms with E-state index in [1.54, 1.807) is 212 Å². The minimum atomic E-state index is -5.08. The van der Waals surface area contributed by atoms with E-state index < -0.39 is 46.7 Å². The van der Waals surface area contributed by atoms with E-state index in [1.165, 1.54) is 0 Å². The van der Waals surface area contributed by atoms with Crippen molar-refractivity contribution in [1.29, 1.82) is 0 Å². The molecule has 0 aliphatic heterocycles. The molecule has 12 rings (SSSR count). The van der Waals surface area contributed by atoms with Gasteiger partial charge < -0.3 is 49.6 Å². The molecule has 0 fully saturated rings. The van der Waals surface area contributed by atoms with Gasteiger partial charge in [0.05, 0.1) is 106 Å². The van der Waals surface area contributed by atoms with Gasteiger partial charge >= 0.3 is 12.1 Å². The summed E-state index contributed by atoms with van der Waals surface area (Å²) in [6.45, 7) is 10.9. The molecule has 0 unspecified atom stereocenters. The van der Waals surface area contributed by atoms with Gasteiger partial charge in [0, 0.05) is 69.9 Å². The van der Waals surface area contributed by atoms with Crippen LogP contribution < -0.4 is 16.0 Å². The van der Waals surface area contributed by atoms with Crippen molar-refractivity contribution in [3.05, 3.63) is 183 Å². The highest BCUT2D eigenvalue weighted by atomic mass is 19.4. The van der Waals surface area contributed by atoms with E-state index in [0.29, 0.717) is 68.5 Å². The summed E-state index contributed by atoms with van der Waals surface area (Å²) in [4.78, 5) is 60.2. The van der Waals surface area contributed by atoms with Gasteiger partial charge in [0.2, 0.25) is 0 Å². The Hall–Kier alpha value is -11.9. The number of amides is 3. The molecule has 0 saturated carbocycles. The van der Waals surface area contributed by atoms with Gasteiger partial charge in [-0.3, -0.25) is 57.8 Å². The number of aromatic nitrogens is 15. The number of anilines is 3. The summed E-state index contributed by atoms with van der Waals surface area (Å²) < 4.78 is 56.9. The van der Waals surface area contributed by atoms with Crippen LogP contribution in [-0.4, -0.2) is 141 Å². The zero-order chi connectivity index (χ0) is 69.1. The van der Waals surface area contributed by atoms with Crippen LogP contribution >= 0.6 is 0 Å². The zero-order valence-corrected chi connectivity index (χ0v) is 52.8. The molecule has 0 radical (unpaired) electrons. The lowest BCUT2D eigenvalue weighted by atomic mass is 10.1. The number of aryl methyl sites for hydroxylation is 2. The van der Waals surface area contributed by atoms with Crippen LogP contribution in [0.15, 0.2) is 179 Å². The Morgan fingerprint density at radius 2 is 0.802 bits per heavy atom. The minimum absolute atomic E-state index is 0.156. The number of hydrogen-bond donors (Lipinski definition) is 8. The number of nitrogens with one attached hydrogen (secondary N) is 4. The van der Waals surface area contributed by atoms with Gasteiger partial charge in [-0.1, -0.05) is 18.2 Å². The van der Waals surface area contributed by atoms with E-state index in [-0.39, 0.29) is 36.9 Å². The van der Waals surface area contributed by atoms with Crippen molar-refractivity contribution >= 4 is 40.8 Å². The molecular formula is C64H65F3N18O11. The average Bonchev–Trinajstić information content (AvgIpc) is 1.75. The molecule has 8 N–H and O–H groups in total. The van der Waals surface area contributed by atoms with Gasteiger partial charge in [-0.25, -0.2) is 4.79 Å². The number of aliphatic carboxylic acids is 1. The van der Waals surface area contributed by atoms with Crippen LogP contribution in [0.2, 0.25) is 0 Å². The maximum Gasteiger partial charge on any atom is 0.490 e. The fourth-order valence-electron chi connectivity index (χ4n) is 8.93. The highest BCUT2D eigenvalue weighted by molar-refractivity contribution is 6.06. The third-order valence-electron chi connectivity index (χ3n) is 12.9. The van der Waals surface area contributed by atoms with Gasteiger partial charge in [-0.05, 0) is 114 Å². The number of aliphatic hydroxyl groups is 3. The first-order valence-electron chi connectivity index (χ1n) is 29.0. The molecule has 32 heteroatoms. The number of hydrogen-bond acceptors (Lipinski definition) is 19. The second kappa shape index (κ2) is 28.9. The van der Waals surface area contributed by atoms with E-state index in [1.807, 2.05) is 32.3 Å². The molecule has 0 bridgehead atoms. The van der Waals surface area contributed by atoms with E-state index in [2.05, 4.69) is 66.6 Å². The molecule has 12 aromatic heterocycles. The number of rotatable bonds is 18. The number of halogens is 3. The number of H-pyrrole nitrogens is 1. The quantitative estimate of drug-likeness (QED) is 0.0396. The van der Waals surface area contributed by atoms with Crippen molar-refractivity contribution in [2.24, 2.45) is 14.1 Å². The van der Waals surface area contributed by atoms with Crippen molar-refractivity contribution in [2.75, 3.05) is 16.0 Å². The van der Waals surface area contributed by atoms with Crippen LogP contribution in [0.3, 0.4) is 0 Å². The maximum atomic E-state index is 12.8. The lowest BCUT2D eigenvalue weighted by Crippen LogP contribution is -2.26. The molecule has 0 aliphatic carbocycles. The highest BCUT2D eigenvalue weighted by Gasteiger charge is 2.38. The number of nitrogens with zero attached hydrogens (tertiary/aromatic N) is 14. The van der Waals surface area contributed by atoms with Gasteiger partial charge in [0.1, 0.15) is 34.4 Å². The van der Waals surface area contributed by atoms with E-state index in [4.69, 9.17) is 23.2 Å². The molecular weight excluding hydrogens is 1250 g/mol. The average molecular weight is 1320 g/mol. The van der Waals surface area contributed by atoms with E-state index in [9.17, 15) is 42.9 Å². The van der Waals surface area contributed by atoms with E-state index in [0.717, 1.165) is 16.7 Å². The summed E-state index contributed by atoms with van der Waals surface area (Å²) >= 11 is 0. The summed E-state index contributed by atoms with van der Waals surface area (Å²) in [5, 5.41) is 74.3. The SMILES string of the molecule is CC(C)(O)Cn1cc(NC(=O)c2ccc(-c3cn[nH]c3)o2)c(-c2ccccn2)n1.Cn1cc(-c2ccc(C(=O)Nc3cn(CC(C)(C)O)nc3-c3ccccn3)o2)cn1.Cn1cc(-c2ccc(C(=O)Nc3cn(CC(C)(C)O)nc3-c3ccccn3)o2)cn1.O=C(O)C(F)(F)F. The van der Waals surface area contributed by atoms with Crippen LogP contribution in [0.25, 0.3) is 68.1 Å². The van der Waals surface area contributed by atoms with Crippen molar-refractivity contribution in [3.8, 4) is 68.1 Å². The molecule has 0 spiro atoms. The summed E-state index contributed by atoms with van der Waals surface area (Å²) in [6, 6.07) is 26.3. The zero-order valence-electron chi connectivity index (χ0n) is 52.8. The smallest absolute Gasteiger partial charge is 0.475 e. The van der Waals surface area contributed by atoms with Crippen molar-refractivity contribution in [2.45, 2.75) is 84.2 Å². The topological polar surface area (TPSA) is 381 Å². The van der Waals surface area contributed by atoms with Gasteiger partial charge in [-0.2, -0.15) is 43.8 Å². The van der Waals surface area contributed by atoms with E-state index >= 15 is 0 Å². The molecule has 0 atom stereocenters. The predicted molar refractivity (Wildman–Crippen MR) is 341 cm³/mol. The molecule has 12 heterocycles. The first-order valence-corrected chi connectivity index (χ1v) is 29.0. The normalized spacial score (nSPS) is 11.6. The third-order valence-corrected chi connectivity index (χ3v) is 12.9. The Balaban J connectivity index is 0.000000161. The monoisotopic (exact) mass is 1320 g/mol. The fourth-order valence-corrected chi connectivity index (χ4v) is 8.93. The van der Waals surface area contributed by atoms with Crippen molar-refractivity contribution in [3.63, 3.8) is 0 Å². The molecule has 29 nitrogen and oxygen atoms in total. The van der Waals surface area contributed by atoms with Gasteiger partial charge in [0.15, 0.2) is 17.3 Å². The minimum Gasteiger partial charge on any atom is -0.475 e. The Bertz CT molecular complexity index is 4370. The van der Waals surface area contributed by atoms with Crippen LogP contribution in [-0.2, 0) is 38.5 Å². The largest absolute Gasteiger partial charge is 0.490 e. The lowest BCUT2D eigenvalue weighted by molar-refractivity contribution is -0.192.